The highest BCUT2D eigenvalue weighted by molar-refractivity contribution is 6.24. The molecule has 0 amide bonds. The second-order valence-corrected chi connectivity index (χ2v) is 12.0. The van der Waals surface area contributed by atoms with E-state index in [9.17, 15) is 0 Å². The average Bonchev–Trinajstić information content (AvgIpc) is 3.17. The van der Waals surface area contributed by atoms with Gasteiger partial charge in [0.1, 0.15) is 0 Å². The van der Waals surface area contributed by atoms with E-state index in [2.05, 4.69) is 157 Å². The van der Waals surface area contributed by atoms with Gasteiger partial charge >= 0.3 is 0 Å². The van der Waals surface area contributed by atoms with E-state index in [-0.39, 0.29) is 12.1 Å². The molecule has 0 aliphatic carbocycles. The van der Waals surface area contributed by atoms with Crippen molar-refractivity contribution in [2.75, 3.05) is 4.90 Å². The number of para-hydroxylation sites is 1. The zero-order valence-corrected chi connectivity index (χ0v) is 25.7. The summed E-state index contributed by atoms with van der Waals surface area (Å²) in [6.45, 7) is 0. The van der Waals surface area contributed by atoms with Crippen LogP contribution in [0.15, 0.2) is 176 Å². The first-order valence-electron chi connectivity index (χ1n) is 17.0. The molecule has 0 aliphatic heterocycles. The second-order valence-electron chi connectivity index (χ2n) is 12.0. The van der Waals surface area contributed by atoms with Crippen LogP contribution >= 0.6 is 0 Å². The number of nitrogens with zero attached hydrogens (tertiary/aromatic N) is 1. The summed E-state index contributed by atoms with van der Waals surface area (Å²) >= 11 is 0. The Hall–Kier alpha value is -6.18. The van der Waals surface area contributed by atoms with E-state index in [0.717, 1.165) is 55.5 Å². The molecule has 0 fully saturated rings. The summed E-state index contributed by atoms with van der Waals surface area (Å²) in [7, 11) is 0. The summed E-state index contributed by atoms with van der Waals surface area (Å²) in [5.41, 5.74) is 6.97. The summed E-state index contributed by atoms with van der Waals surface area (Å²) in [4.78, 5) is 2.31. The van der Waals surface area contributed by atoms with E-state index in [1.54, 1.807) is 0 Å². The predicted molar refractivity (Wildman–Crippen MR) is 203 cm³/mol. The molecule has 0 aliphatic rings. The number of benzene rings is 9. The van der Waals surface area contributed by atoms with Crippen molar-refractivity contribution in [1.82, 2.24) is 0 Å². The minimum absolute atomic E-state index is 0.213. The third-order valence-corrected chi connectivity index (χ3v) is 9.24. The normalized spacial score (nSPS) is 12.8. The van der Waals surface area contributed by atoms with Crippen molar-refractivity contribution in [2.24, 2.45) is 0 Å². The molecule has 0 atom stereocenters. The van der Waals surface area contributed by atoms with E-state index >= 15 is 0 Å². The fraction of sp³-hybridized carbons (Fsp3) is 0. The first kappa shape index (κ1) is 25.1. The van der Waals surface area contributed by atoms with Gasteiger partial charge < -0.3 is 4.90 Å². The molecule has 0 radical (unpaired) electrons. The topological polar surface area (TPSA) is 3.24 Å². The molecular weight excluding hydrogens is 567 g/mol. The second kappa shape index (κ2) is 11.3. The van der Waals surface area contributed by atoms with Gasteiger partial charge in [0.15, 0.2) is 0 Å². The molecule has 9 aromatic rings. The molecule has 0 heterocycles. The van der Waals surface area contributed by atoms with Crippen molar-refractivity contribution < 1.29 is 2.74 Å². The standard InChI is InChI=1S/C46H31N/c1-2-12-40(13-3-1)47(44-15-7-9-35-8-4-5-14-42(35)44)41-29-26-34(27-30-41)33-19-16-32(17-20-33)18-21-36-22-23-39-25-24-37-10-6-11-38-28-31-43(36)46(39)45(37)38/h1-31H/b21-18+/i18D,21D. The SMILES string of the molecule is [2H]/C(=C(/[2H])c1ccc2ccc3cccc4ccc1c2c34)c1ccc(-c2ccc(N(c3ccccc3)c3cccc4ccccc34)cc2)cc1. The van der Waals surface area contributed by atoms with Gasteiger partial charge in [-0.15, -0.1) is 0 Å². The van der Waals surface area contributed by atoms with Crippen LogP contribution in [-0.4, -0.2) is 0 Å². The number of hydrogen-bond donors (Lipinski definition) is 0. The molecule has 1 heteroatoms. The fourth-order valence-corrected chi connectivity index (χ4v) is 6.94. The van der Waals surface area contributed by atoms with Gasteiger partial charge in [-0.05, 0) is 90.3 Å². The van der Waals surface area contributed by atoms with Crippen LogP contribution in [0.3, 0.4) is 0 Å². The van der Waals surface area contributed by atoms with Crippen LogP contribution < -0.4 is 4.90 Å². The van der Waals surface area contributed by atoms with Gasteiger partial charge in [-0.25, -0.2) is 0 Å². The van der Waals surface area contributed by atoms with Gasteiger partial charge in [0, 0.05) is 16.8 Å². The average molecular weight is 600 g/mol. The van der Waals surface area contributed by atoms with Crippen LogP contribution in [0.1, 0.15) is 13.9 Å². The molecule has 0 bridgehead atoms. The Labute approximate surface area is 277 Å². The Kier molecular flexibility index (Phi) is 6.03. The third kappa shape index (κ3) is 4.81. The molecule has 0 saturated carbocycles. The van der Waals surface area contributed by atoms with Crippen molar-refractivity contribution in [3.05, 3.63) is 187 Å². The number of fused-ring (bicyclic) bond motifs is 1. The van der Waals surface area contributed by atoms with Crippen LogP contribution in [0.4, 0.5) is 17.1 Å². The first-order chi connectivity index (χ1) is 24.1. The van der Waals surface area contributed by atoms with Crippen molar-refractivity contribution in [2.45, 2.75) is 0 Å². The third-order valence-electron chi connectivity index (χ3n) is 9.24. The molecule has 1 nitrogen and oxygen atoms in total. The summed E-state index contributed by atoms with van der Waals surface area (Å²) in [6.07, 6.45) is 0. The van der Waals surface area contributed by atoms with Crippen LogP contribution in [0.5, 0.6) is 0 Å². The van der Waals surface area contributed by atoms with Crippen molar-refractivity contribution in [3.63, 3.8) is 0 Å². The smallest absolute Gasteiger partial charge is 0.0629 e. The monoisotopic (exact) mass is 599 g/mol. The lowest BCUT2D eigenvalue weighted by Gasteiger charge is -2.27. The highest BCUT2D eigenvalue weighted by Crippen LogP contribution is 2.40. The molecule has 220 valence electrons. The Morgan fingerprint density at radius 3 is 1.74 bits per heavy atom. The predicted octanol–water partition coefficient (Wildman–Crippen LogP) is 13.0. The highest BCUT2D eigenvalue weighted by atomic mass is 15.1. The Morgan fingerprint density at radius 1 is 0.383 bits per heavy atom. The zero-order valence-electron chi connectivity index (χ0n) is 27.7. The van der Waals surface area contributed by atoms with Crippen LogP contribution in [0.2, 0.25) is 0 Å². The maximum atomic E-state index is 9.13. The van der Waals surface area contributed by atoms with Crippen molar-refractivity contribution in [3.8, 4) is 11.1 Å². The van der Waals surface area contributed by atoms with E-state index in [1.807, 2.05) is 24.3 Å². The van der Waals surface area contributed by atoms with Crippen molar-refractivity contribution >= 4 is 72.3 Å². The quantitative estimate of drug-likeness (QED) is 0.136. The Bertz CT molecular complexity index is 2640. The molecule has 0 N–H and O–H groups in total. The van der Waals surface area contributed by atoms with E-state index in [0.29, 0.717) is 0 Å². The number of anilines is 3. The summed E-state index contributed by atoms with van der Waals surface area (Å²) < 4.78 is 18.2. The molecule has 0 aromatic heterocycles. The molecular formula is C46H31N. The minimum atomic E-state index is 0.213. The van der Waals surface area contributed by atoms with Gasteiger partial charge in [0.25, 0.3) is 0 Å². The minimum Gasteiger partial charge on any atom is -0.310 e. The highest BCUT2D eigenvalue weighted by Gasteiger charge is 2.15. The van der Waals surface area contributed by atoms with Gasteiger partial charge in [-0.2, -0.15) is 0 Å². The molecule has 9 aromatic carbocycles. The largest absolute Gasteiger partial charge is 0.310 e. The first-order valence-corrected chi connectivity index (χ1v) is 16.0. The lowest BCUT2D eigenvalue weighted by Crippen LogP contribution is -2.10. The lowest BCUT2D eigenvalue weighted by atomic mass is 9.92. The fourth-order valence-electron chi connectivity index (χ4n) is 6.94. The number of hydrogen-bond acceptors (Lipinski definition) is 1. The van der Waals surface area contributed by atoms with E-state index in [1.165, 1.54) is 26.9 Å². The summed E-state index contributed by atoms with van der Waals surface area (Å²) in [5.74, 6) is 0. The molecule has 47 heavy (non-hydrogen) atoms. The Balaban J connectivity index is 1.05. The van der Waals surface area contributed by atoms with Gasteiger partial charge in [0.05, 0.1) is 8.43 Å². The van der Waals surface area contributed by atoms with Crippen LogP contribution in [-0.2, 0) is 0 Å². The van der Waals surface area contributed by atoms with Gasteiger partial charge in [-0.3, -0.25) is 0 Å². The van der Waals surface area contributed by atoms with E-state index in [4.69, 9.17) is 2.74 Å². The Morgan fingerprint density at radius 2 is 0.957 bits per heavy atom. The molecule has 0 saturated heterocycles. The number of rotatable bonds is 6. The molecule has 0 unspecified atom stereocenters. The van der Waals surface area contributed by atoms with Gasteiger partial charge in [0.2, 0.25) is 0 Å². The lowest BCUT2D eigenvalue weighted by molar-refractivity contribution is 1.30. The van der Waals surface area contributed by atoms with Crippen LogP contribution in [0, 0.1) is 0 Å². The molecule has 0 spiro atoms. The van der Waals surface area contributed by atoms with Crippen molar-refractivity contribution in [1.29, 1.82) is 0 Å². The summed E-state index contributed by atoms with van der Waals surface area (Å²) in [5, 5.41) is 9.34. The van der Waals surface area contributed by atoms with Crippen LogP contribution in [0.25, 0.3) is 66.3 Å². The molecule has 9 rings (SSSR count). The summed E-state index contributed by atoms with van der Waals surface area (Å²) in [6, 6.07) is 61.5. The maximum Gasteiger partial charge on any atom is 0.0629 e. The maximum absolute atomic E-state index is 9.13. The van der Waals surface area contributed by atoms with Gasteiger partial charge in [-0.1, -0.05) is 158 Å². The van der Waals surface area contributed by atoms with E-state index < -0.39 is 0 Å². The zero-order chi connectivity index (χ0) is 32.9.